The van der Waals surface area contributed by atoms with E-state index in [9.17, 15) is 0 Å². The van der Waals surface area contributed by atoms with Gasteiger partial charge < -0.3 is 4.65 Å². The third kappa shape index (κ3) is 2.26. The Labute approximate surface area is 77.0 Å². The van der Waals surface area contributed by atoms with Gasteiger partial charge in [0.2, 0.25) is 0 Å². The average molecular weight is 168 g/mol. The Balaban J connectivity index is 2.54. The fourth-order valence-electron chi connectivity index (χ4n) is 2.51. The lowest BCUT2D eigenvalue weighted by Crippen LogP contribution is -2.32. The Hall–Kier alpha value is 0.0249. The highest BCUT2D eigenvalue weighted by molar-refractivity contribution is 6.57. The van der Waals surface area contributed by atoms with Crippen LogP contribution in [-0.2, 0) is 4.65 Å². The van der Waals surface area contributed by atoms with Crippen molar-refractivity contribution in [3.8, 4) is 0 Å². The number of rotatable bonds is 2. The quantitative estimate of drug-likeness (QED) is 0.574. The highest BCUT2D eigenvalue weighted by Gasteiger charge is 2.38. The second kappa shape index (κ2) is 3.82. The highest BCUT2D eigenvalue weighted by Crippen LogP contribution is 2.42. The van der Waals surface area contributed by atoms with Gasteiger partial charge in [0.15, 0.2) is 0 Å². The molecule has 0 unspecified atom stereocenters. The predicted octanol–water partition coefficient (Wildman–Crippen LogP) is 3.37. The van der Waals surface area contributed by atoms with Gasteiger partial charge in [-0.05, 0) is 11.1 Å². The molecule has 1 aliphatic carbocycles. The standard InChI is InChI=1S/C10H21BO/c1-10(2,3)11(12-4)9-7-5-6-8-9/h9H,5-8H2,1-4H3. The molecule has 12 heavy (non-hydrogen) atoms. The Kier molecular flexibility index (Phi) is 3.22. The first-order valence-electron chi connectivity index (χ1n) is 5.08. The Bertz CT molecular complexity index is 133. The second-order valence-electron chi connectivity index (χ2n) is 5.07. The molecule has 0 aromatic heterocycles. The van der Waals surface area contributed by atoms with Crippen molar-refractivity contribution in [3.63, 3.8) is 0 Å². The van der Waals surface area contributed by atoms with Crippen LogP contribution in [0.4, 0.5) is 0 Å². The van der Waals surface area contributed by atoms with E-state index < -0.39 is 0 Å². The van der Waals surface area contributed by atoms with Crippen molar-refractivity contribution in [1.82, 2.24) is 0 Å². The van der Waals surface area contributed by atoms with Gasteiger partial charge in [0, 0.05) is 7.11 Å². The maximum absolute atomic E-state index is 5.60. The van der Waals surface area contributed by atoms with Gasteiger partial charge in [0.1, 0.15) is 0 Å². The van der Waals surface area contributed by atoms with Crippen molar-refractivity contribution in [2.24, 2.45) is 0 Å². The molecule has 0 amide bonds. The lowest BCUT2D eigenvalue weighted by atomic mass is 9.40. The molecule has 0 aliphatic heterocycles. The third-order valence-corrected chi connectivity index (χ3v) is 2.94. The van der Waals surface area contributed by atoms with Gasteiger partial charge in [-0.25, -0.2) is 0 Å². The minimum Gasteiger partial charge on any atom is -0.438 e. The fourth-order valence-corrected chi connectivity index (χ4v) is 2.51. The van der Waals surface area contributed by atoms with Gasteiger partial charge in [-0.15, -0.1) is 0 Å². The molecule has 2 heteroatoms. The van der Waals surface area contributed by atoms with Crippen LogP contribution in [0.5, 0.6) is 0 Å². The van der Waals surface area contributed by atoms with Crippen molar-refractivity contribution in [1.29, 1.82) is 0 Å². The van der Waals surface area contributed by atoms with Crippen LogP contribution in [0.2, 0.25) is 11.1 Å². The van der Waals surface area contributed by atoms with Crippen molar-refractivity contribution in [2.75, 3.05) is 7.11 Å². The molecular weight excluding hydrogens is 147 g/mol. The summed E-state index contributed by atoms with van der Waals surface area (Å²) in [4.78, 5) is 0. The molecule has 0 aromatic carbocycles. The van der Waals surface area contributed by atoms with Crippen LogP contribution in [0.3, 0.4) is 0 Å². The number of hydrogen-bond donors (Lipinski definition) is 0. The first kappa shape index (κ1) is 10.1. The predicted molar refractivity (Wildman–Crippen MR) is 54.7 cm³/mol. The van der Waals surface area contributed by atoms with Gasteiger partial charge in [-0.2, -0.15) is 0 Å². The van der Waals surface area contributed by atoms with Crippen LogP contribution < -0.4 is 0 Å². The van der Waals surface area contributed by atoms with E-state index in [4.69, 9.17) is 4.65 Å². The van der Waals surface area contributed by atoms with Gasteiger partial charge in [0.25, 0.3) is 0 Å². The zero-order valence-corrected chi connectivity index (χ0v) is 8.89. The molecule has 0 atom stereocenters. The molecule has 1 rings (SSSR count). The molecule has 1 nitrogen and oxygen atoms in total. The maximum atomic E-state index is 5.60. The molecule has 0 bridgehead atoms. The SMILES string of the molecule is COB(C1CCCC1)C(C)(C)C. The summed E-state index contributed by atoms with van der Waals surface area (Å²) in [5.74, 6) is 0.815. The average Bonchev–Trinajstić information content (AvgIpc) is 2.38. The first-order chi connectivity index (χ1) is 5.55. The summed E-state index contributed by atoms with van der Waals surface area (Å²) in [6.45, 7) is 7.29. The highest BCUT2D eigenvalue weighted by atomic mass is 16.4. The topological polar surface area (TPSA) is 9.23 Å². The molecule has 0 aromatic rings. The van der Waals surface area contributed by atoms with Crippen molar-refractivity contribution in [3.05, 3.63) is 0 Å². The normalized spacial score (nSPS) is 20.0. The van der Waals surface area contributed by atoms with Gasteiger partial charge >= 0.3 is 6.92 Å². The van der Waals surface area contributed by atoms with Crippen LogP contribution in [0.15, 0.2) is 0 Å². The van der Waals surface area contributed by atoms with Gasteiger partial charge in [-0.1, -0.05) is 46.5 Å². The molecule has 1 aliphatic rings. The molecule has 70 valence electrons. The molecular formula is C10H21BO. The molecule has 0 saturated heterocycles. The largest absolute Gasteiger partial charge is 0.438 e. The fraction of sp³-hybridized carbons (Fsp3) is 1.00. The molecule has 0 spiro atoms. The zero-order valence-electron chi connectivity index (χ0n) is 8.89. The zero-order chi connectivity index (χ0) is 9.19. The van der Waals surface area contributed by atoms with Gasteiger partial charge in [-0.3, -0.25) is 0 Å². The second-order valence-corrected chi connectivity index (χ2v) is 5.07. The van der Waals surface area contributed by atoms with Crippen LogP contribution in [0, 0.1) is 0 Å². The van der Waals surface area contributed by atoms with E-state index in [0.717, 1.165) is 5.82 Å². The lowest BCUT2D eigenvalue weighted by Gasteiger charge is -2.30. The summed E-state index contributed by atoms with van der Waals surface area (Å²) in [7, 11) is 1.86. The Morgan fingerprint density at radius 1 is 1.17 bits per heavy atom. The summed E-state index contributed by atoms with van der Waals surface area (Å²) in [6, 6.07) is 0. The summed E-state index contributed by atoms with van der Waals surface area (Å²) in [5.41, 5.74) is 0. The molecule has 0 radical (unpaired) electrons. The summed E-state index contributed by atoms with van der Waals surface area (Å²) in [6.07, 6.45) is 5.55. The summed E-state index contributed by atoms with van der Waals surface area (Å²) >= 11 is 0. The number of hydrogen-bond acceptors (Lipinski definition) is 1. The molecule has 1 fully saturated rings. The third-order valence-electron chi connectivity index (χ3n) is 2.94. The minimum absolute atomic E-state index is 0.309. The van der Waals surface area contributed by atoms with E-state index in [1.54, 1.807) is 0 Å². The first-order valence-corrected chi connectivity index (χ1v) is 5.08. The van der Waals surface area contributed by atoms with Crippen molar-refractivity contribution >= 4 is 6.92 Å². The van der Waals surface area contributed by atoms with Crippen LogP contribution in [0.25, 0.3) is 0 Å². The van der Waals surface area contributed by atoms with Crippen LogP contribution >= 0.6 is 0 Å². The van der Waals surface area contributed by atoms with E-state index in [0.29, 0.717) is 12.2 Å². The van der Waals surface area contributed by atoms with E-state index in [-0.39, 0.29) is 0 Å². The summed E-state index contributed by atoms with van der Waals surface area (Å²) in [5, 5.41) is 0.309. The van der Waals surface area contributed by atoms with Gasteiger partial charge in [0.05, 0.1) is 0 Å². The monoisotopic (exact) mass is 168 g/mol. The Morgan fingerprint density at radius 3 is 2.00 bits per heavy atom. The Morgan fingerprint density at radius 2 is 1.67 bits per heavy atom. The summed E-state index contributed by atoms with van der Waals surface area (Å²) < 4.78 is 5.60. The minimum atomic E-state index is 0.309. The van der Waals surface area contributed by atoms with Crippen LogP contribution in [0.1, 0.15) is 46.5 Å². The van der Waals surface area contributed by atoms with E-state index in [1.807, 2.05) is 7.11 Å². The van der Waals surface area contributed by atoms with E-state index >= 15 is 0 Å². The van der Waals surface area contributed by atoms with E-state index in [2.05, 4.69) is 20.8 Å². The maximum Gasteiger partial charge on any atom is 0.301 e. The van der Waals surface area contributed by atoms with Crippen molar-refractivity contribution in [2.45, 2.75) is 57.6 Å². The molecule has 1 saturated carbocycles. The smallest absolute Gasteiger partial charge is 0.301 e. The van der Waals surface area contributed by atoms with Crippen molar-refractivity contribution < 1.29 is 4.65 Å². The molecule has 0 heterocycles. The van der Waals surface area contributed by atoms with Crippen LogP contribution in [-0.4, -0.2) is 14.0 Å². The van der Waals surface area contributed by atoms with E-state index in [1.165, 1.54) is 25.7 Å². The lowest BCUT2D eigenvalue weighted by molar-refractivity contribution is 0.375. The molecule has 0 N–H and O–H groups in total.